The van der Waals surface area contributed by atoms with Crippen molar-refractivity contribution in [3.8, 4) is 0 Å². The van der Waals surface area contributed by atoms with Crippen molar-refractivity contribution in [2.24, 2.45) is 11.3 Å². The number of hydrogen-bond donors (Lipinski definition) is 3. The van der Waals surface area contributed by atoms with E-state index in [0.29, 0.717) is 36.5 Å². The molecule has 2 saturated carbocycles. The number of fused-ring (bicyclic) bond motifs is 1. The monoisotopic (exact) mass is 714 g/mol. The summed E-state index contributed by atoms with van der Waals surface area (Å²) in [6, 6.07) is 7.11. The molecule has 6 rings (SSSR count). The highest BCUT2D eigenvalue weighted by Gasteiger charge is 2.62. The molecule has 49 heavy (non-hydrogen) atoms. The van der Waals surface area contributed by atoms with E-state index >= 15 is 0 Å². The van der Waals surface area contributed by atoms with Crippen LogP contribution in [0.15, 0.2) is 42.7 Å². The van der Waals surface area contributed by atoms with Gasteiger partial charge in [0, 0.05) is 30.4 Å². The molecule has 4 aliphatic rings. The molecule has 13 nitrogen and oxygen atoms in total. The maximum absolute atomic E-state index is 14.4. The predicted octanol–water partition coefficient (Wildman–Crippen LogP) is 3.58. The Kier molecular flexibility index (Phi) is 9.33. The molecule has 3 N–H and O–H groups in total. The second kappa shape index (κ2) is 13.1. The number of aromatic nitrogens is 1. The number of sulfonamides is 1. The van der Waals surface area contributed by atoms with E-state index in [-0.39, 0.29) is 31.8 Å². The Morgan fingerprint density at radius 2 is 1.88 bits per heavy atom. The summed E-state index contributed by atoms with van der Waals surface area (Å²) >= 11 is 6.36. The van der Waals surface area contributed by atoms with E-state index in [1.807, 2.05) is 39.8 Å². The Labute approximate surface area is 291 Å². The van der Waals surface area contributed by atoms with Gasteiger partial charge < -0.3 is 20.3 Å². The molecule has 2 aliphatic heterocycles. The van der Waals surface area contributed by atoms with Crippen molar-refractivity contribution < 1.29 is 32.3 Å². The van der Waals surface area contributed by atoms with Gasteiger partial charge in [0.1, 0.15) is 23.7 Å². The number of carbonyl (C=O) groups is 4. The molecule has 3 fully saturated rings. The molecule has 2 aromatic rings. The number of hydrogen-bond acceptors (Lipinski definition) is 9. The topological polar surface area (TPSA) is 167 Å². The maximum atomic E-state index is 14.4. The van der Waals surface area contributed by atoms with E-state index in [1.54, 1.807) is 30.6 Å². The first-order chi connectivity index (χ1) is 23.1. The fourth-order valence-corrected chi connectivity index (χ4v) is 8.44. The third-order valence-electron chi connectivity index (χ3n) is 9.93. The van der Waals surface area contributed by atoms with Gasteiger partial charge in [0.2, 0.25) is 21.8 Å². The van der Waals surface area contributed by atoms with Crippen molar-refractivity contribution >= 4 is 51.1 Å². The third-order valence-corrected chi connectivity index (χ3v) is 12.1. The molecule has 15 heteroatoms. The van der Waals surface area contributed by atoms with Crippen LogP contribution in [-0.2, 0) is 42.2 Å². The molecule has 0 radical (unpaired) electrons. The number of amides is 4. The number of anilines is 1. The third kappa shape index (κ3) is 7.21. The lowest BCUT2D eigenvalue weighted by molar-refractivity contribution is -0.141. The predicted molar refractivity (Wildman–Crippen MR) is 182 cm³/mol. The van der Waals surface area contributed by atoms with E-state index in [4.69, 9.17) is 16.3 Å². The zero-order valence-corrected chi connectivity index (χ0v) is 29.6. The van der Waals surface area contributed by atoms with Gasteiger partial charge in [-0.05, 0) is 59.9 Å². The summed E-state index contributed by atoms with van der Waals surface area (Å²) in [6.45, 7) is 8.08. The molecule has 0 bridgehead atoms. The Morgan fingerprint density at radius 3 is 2.49 bits per heavy atom. The number of ether oxygens (including phenoxy) is 1. The average Bonchev–Trinajstić information content (AvgIpc) is 3.94. The lowest BCUT2D eigenvalue weighted by Gasteiger charge is -2.36. The largest absolute Gasteiger partial charge is 0.444 e. The molecule has 1 saturated heterocycles. The van der Waals surface area contributed by atoms with E-state index in [2.05, 4.69) is 20.3 Å². The molecule has 4 amide bonds. The van der Waals surface area contributed by atoms with Gasteiger partial charge in [0.15, 0.2) is 0 Å². The SMILES string of the molecule is CCC1CC1(NC(=O)C1CC(OC(=O)N2Cc3cccc(Cl)c3C2)CN1C(=O)C(Nc1cccnc1)C(C)(C)C)C(=O)NS(=O)(=O)C1CC1. The molecular formula is C34H43ClN6O7S. The summed E-state index contributed by atoms with van der Waals surface area (Å²) in [4.78, 5) is 62.5. The first-order valence-electron chi connectivity index (χ1n) is 16.7. The lowest BCUT2D eigenvalue weighted by Crippen LogP contribution is -2.58. The van der Waals surface area contributed by atoms with Gasteiger partial charge in [0.05, 0.1) is 24.0 Å². The summed E-state index contributed by atoms with van der Waals surface area (Å²) < 4.78 is 33.4. The van der Waals surface area contributed by atoms with Gasteiger partial charge in [-0.1, -0.05) is 57.8 Å². The molecular weight excluding hydrogens is 672 g/mol. The minimum Gasteiger partial charge on any atom is -0.444 e. The highest BCUT2D eigenvalue weighted by atomic mass is 35.5. The maximum Gasteiger partial charge on any atom is 0.410 e. The molecule has 5 unspecified atom stereocenters. The van der Waals surface area contributed by atoms with Crippen molar-refractivity contribution in [1.29, 1.82) is 0 Å². The van der Waals surface area contributed by atoms with Gasteiger partial charge in [-0.15, -0.1) is 0 Å². The van der Waals surface area contributed by atoms with Gasteiger partial charge in [-0.2, -0.15) is 0 Å². The van der Waals surface area contributed by atoms with E-state index in [1.165, 1.54) is 9.80 Å². The number of rotatable bonds is 10. The number of likely N-dealkylation sites (tertiary alicyclic amines) is 1. The van der Waals surface area contributed by atoms with Crippen molar-refractivity contribution in [3.05, 3.63) is 58.9 Å². The first kappa shape index (κ1) is 34.9. The molecule has 0 spiro atoms. The minimum absolute atomic E-state index is 0.0104. The Hall–Kier alpha value is -3.91. The van der Waals surface area contributed by atoms with Gasteiger partial charge in [0.25, 0.3) is 5.91 Å². The summed E-state index contributed by atoms with van der Waals surface area (Å²) in [5.41, 5.74) is 0.336. The van der Waals surface area contributed by atoms with Crippen LogP contribution < -0.4 is 15.4 Å². The number of nitrogens with zero attached hydrogens (tertiary/aromatic N) is 3. The second-order valence-electron chi connectivity index (χ2n) is 14.6. The summed E-state index contributed by atoms with van der Waals surface area (Å²) in [6.07, 6.45) is 3.56. The zero-order valence-electron chi connectivity index (χ0n) is 28.1. The van der Waals surface area contributed by atoms with Crippen LogP contribution in [0.1, 0.15) is 70.9 Å². The van der Waals surface area contributed by atoms with Gasteiger partial charge >= 0.3 is 6.09 Å². The molecule has 5 atom stereocenters. The van der Waals surface area contributed by atoms with Crippen molar-refractivity contribution in [2.45, 2.75) is 102 Å². The fourth-order valence-electron chi connectivity index (χ4n) is 6.83. The van der Waals surface area contributed by atoms with E-state index in [0.717, 1.165) is 11.1 Å². The van der Waals surface area contributed by atoms with Crippen LogP contribution in [0.4, 0.5) is 10.5 Å². The summed E-state index contributed by atoms with van der Waals surface area (Å²) in [7, 11) is -3.85. The number of nitrogens with one attached hydrogen (secondary N) is 3. The highest BCUT2D eigenvalue weighted by Crippen LogP contribution is 2.47. The lowest BCUT2D eigenvalue weighted by atomic mass is 9.85. The fraction of sp³-hybridized carbons (Fsp3) is 0.559. The van der Waals surface area contributed by atoms with Crippen LogP contribution in [0, 0.1) is 11.3 Å². The summed E-state index contributed by atoms with van der Waals surface area (Å²) in [5, 5.41) is 6.06. The van der Waals surface area contributed by atoms with Crippen LogP contribution in [0.5, 0.6) is 0 Å². The van der Waals surface area contributed by atoms with Crippen molar-refractivity contribution in [1.82, 2.24) is 24.8 Å². The second-order valence-corrected chi connectivity index (χ2v) is 17.0. The highest BCUT2D eigenvalue weighted by molar-refractivity contribution is 7.91. The molecule has 1 aromatic carbocycles. The van der Waals surface area contributed by atoms with Crippen LogP contribution in [0.2, 0.25) is 5.02 Å². The number of benzene rings is 1. The van der Waals surface area contributed by atoms with Gasteiger partial charge in [-0.3, -0.25) is 29.0 Å². The molecule has 2 aliphatic carbocycles. The number of carbonyl (C=O) groups excluding carboxylic acids is 4. The Bertz CT molecular complexity index is 1750. The Morgan fingerprint density at radius 1 is 1.12 bits per heavy atom. The van der Waals surface area contributed by atoms with Crippen LogP contribution >= 0.6 is 11.6 Å². The van der Waals surface area contributed by atoms with E-state index in [9.17, 15) is 27.6 Å². The minimum atomic E-state index is -3.85. The van der Waals surface area contributed by atoms with Crippen molar-refractivity contribution in [3.63, 3.8) is 0 Å². The quantitative estimate of drug-likeness (QED) is 0.333. The standard InChI is InChI=1S/C34H43ClN6O7S/c1-5-21-15-34(21,31(44)39-49(46,47)24-11-12-24)38-29(42)27-14-23(48-32(45)40-17-20-8-6-10-26(35)25(20)19-40)18-41(27)30(43)28(33(2,3)4)37-22-9-7-13-36-16-22/h6-10,13,16,21,23-24,27-28,37H,5,11-12,14-15,17-19H2,1-4H3,(H,38,42)(H,39,44). The normalized spacial score (nSPS) is 25.3. The van der Waals surface area contributed by atoms with E-state index < -0.39 is 68.2 Å². The molecule has 3 heterocycles. The number of halogens is 1. The number of pyridine rings is 1. The van der Waals surface area contributed by atoms with Crippen LogP contribution in [0.25, 0.3) is 0 Å². The van der Waals surface area contributed by atoms with Crippen LogP contribution in [-0.4, -0.2) is 82.5 Å². The van der Waals surface area contributed by atoms with Crippen LogP contribution in [0.3, 0.4) is 0 Å². The molecule has 264 valence electrons. The van der Waals surface area contributed by atoms with Gasteiger partial charge in [-0.25, -0.2) is 13.2 Å². The first-order valence-corrected chi connectivity index (χ1v) is 18.6. The molecule has 1 aromatic heterocycles. The smallest absolute Gasteiger partial charge is 0.410 e. The average molecular weight is 715 g/mol. The zero-order chi connectivity index (χ0) is 35.3. The summed E-state index contributed by atoms with van der Waals surface area (Å²) in [5.74, 6) is -2.05. The van der Waals surface area contributed by atoms with Crippen molar-refractivity contribution in [2.75, 3.05) is 11.9 Å². The Balaban J connectivity index is 1.23.